The molecular formula is C25H34FN3O5S. The molecule has 0 aliphatic carbocycles. The molecule has 2 amide bonds. The van der Waals surface area contributed by atoms with Gasteiger partial charge in [-0.15, -0.1) is 0 Å². The van der Waals surface area contributed by atoms with Gasteiger partial charge in [-0.25, -0.2) is 12.8 Å². The molecule has 192 valence electrons. The molecule has 0 radical (unpaired) electrons. The summed E-state index contributed by atoms with van der Waals surface area (Å²) in [5.74, 6) is -1.16. The van der Waals surface area contributed by atoms with E-state index in [2.05, 4.69) is 5.32 Å². The van der Waals surface area contributed by atoms with Crippen LogP contribution in [0, 0.1) is 5.82 Å². The molecule has 0 heterocycles. The van der Waals surface area contributed by atoms with E-state index in [1.165, 1.54) is 30.2 Å². The number of rotatable bonds is 12. The summed E-state index contributed by atoms with van der Waals surface area (Å²) in [7, 11) is -2.48. The lowest BCUT2D eigenvalue weighted by molar-refractivity contribution is -0.140. The first kappa shape index (κ1) is 28.1. The lowest BCUT2D eigenvalue weighted by Crippen LogP contribution is -2.53. The summed E-state index contributed by atoms with van der Waals surface area (Å²) in [5.41, 5.74) is 0.464. The Hall–Kier alpha value is -3.14. The maximum absolute atomic E-state index is 14.5. The molecule has 0 saturated carbocycles. The molecule has 35 heavy (non-hydrogen) atoms. The fourth-order valence-electron chi connectivity index (χ4n) is 3.58. The second kappa shape index (κ2) is 12.5. The van der Waals surface area contributed by atoms with Crippen molar-refractivity contribution in [2.24, 2.45) is 0 Å². The molecule has 0 bridgehead atoms. The molecule has 0 spiro atoms. The van der Waals surface area contributed by atoms with E-state index in [1.807, 2.05) is 13.8 Å². The molecule has 0 aromatic heterocycles. The Bertz CT molecular complexity index is 1130. The zero-order chi connectivity index (χ0) is 26.2. The van der Waals surface area contributed by atoms with E-state index in [0.717, 1.165) is 16.6 Å². The second-order valence-corrected chi connectivity index (χ2v) is 10.2. The van der Waals surface area contributed by atoms with Crippen LogP contribution in [0.25, 0.3) is 0 Å². The summed E-state index contributed by atoms with van der Waals surface area (Å²) in [6, 6.07) is 11.4. The number of nitrogens with one attached hydrogen (secondary N) is 1. The predicted molar refractivity (Wildman–Crippen MR) is 134 cm³/mol. The van der Waals surface area contributed by atoms with Gasteiger partial charge in [0.1, 0.15) is 24.2 Å². The van der Waals surface area contributed by atoms with Crippen molar-refractivity contribution in [2.45, 2.75) is 52.2 Å². The Morgan fingerprint density at radius 3 is 2.34 bits per heavy atom. The van der Waals surface area contributed by atoms with Gasteiger partial charge in [0.15, 0.2) is 0 Å². The van der Waals surface area contributed by atoms with Crippen molar-refractivity contribution in [1.82, 2.24) is 10.2 Å². The highest BCUT2D eigenvalue weighted by molar-refractivity contribution is 7.92. The number of benzene rings is 2. The zero-order valence-electron chi connectivity index (χ0n) is 20.8. The number of carbonyl (C=O) groups excluding carboxylic acids is 2. The van der Waals surface area contributed by atoms with Gasteiger partial charge in [0.2, 0.25) is 21.8 Å². The van der Waals surface area contributed by atoms with Crippen molar-refractivity contribution in [3.63, 3.8) is 0 Å². The molecule has 2 rings (SSSR count). The van der Waals surface area contributed by atoms with Crippen LogP contribution in [0.3, 0.4) is 0 Å². The van der Waals surface area contributed by atoms with E-state index in [-0.39, 0.29) is 24.2 Å². The van der Waals surface area contributed by atoms with Crippen LogP contribution >= 0.6 is 0 Å². The summed E-state index contributed by atoms with van der Waals surface area (Å²) < 4.78 is 45.5. The van der Waals surface area contributed by atoms with Gasteiger partial charge in [-0.05, 0) is 49.6 Å². The standard InChI is InChI=1S/C25H34FN3O5S/c1-6-18(3)27-25(31)22(7-2)28(16-19-11-10-12-20(15-19)34-4)24(30)17-29(35(5,32)33)23-14-9-8-13-21(23)26/h8-15,18,22H,6-7,16-17H2,1-5H3,(H,27,31)/t18-,22-/m1/s1. The van der Waals surface area contributed by atoms with E-state index in [9.17, 15) is 22.4 Å². The van der Waals surface area contributed by atoms with Gasteiger partial charge in [0.25, 0.3) is 0 Å². The maximum Gasteiger partial charge on any atom is 0.244 e. The topological polar surface area (TPSA) is 96.0 Å². The Labute approximate surface area is 207 Å². The number of methoxy groups -OCH3 is 1. The average Bonchev–Trinajstić information content (AvgIpc) is 2.82. The number of para-hydroxylation sites is 1. The molecule has 2 aromatic carbocycles. The average molecular weight is 508 g/mol. The molecule has 0 aliphatic heterocycles. The van der Waals surface area contributed by atoms with E-state index in [4.69, 9.17) is 4.74 Å². The van der Waals surface area contributed by atoms with Gasteiger partial charge >= 0.3 is 0 Å². The third-order valence-electron chi connectivity index (χ3n) is 5.67. The van der Waals surface area contributed by atoms with E-state index in [1.54, 1.807) is 31.2 Å². The summed E-state index contributed by atoms with van der Waals surface area (Å²) >= 11 is 0. The number of sulfonamides is 1. The molecule has 2 aromatic rings. The van der Waals surface area contributed by atoms with Gasteiger partial charge in [-0.3, -0.25) is 13.9 Å². The van der Waals surface area contributed by atoms with Crippen LogP contribution < -0.4 is 14.4 Å². The van der Waals surface area contributed by atoms with Crippen LogP contribution in [0.2, 0.25) is 0 Å². The first-order valence-corrected chi connectivity index (χ1v) is 13.3. The molecule has 0 fully saturated rings. The lowest BCUT2D eigenvalue weighted by Gasteiger charge is -2.33. The van der Waals surface area contributed by atoms with Gasteiger partial charge in [0.05, 0.1) is 19.1 Å². The number of hydrogen-bond acceptors (Lipinski definition) is 5. The third kappa shape index (κ3) is 7.68. The van der Waals surface area contributed by atoms with Crippen molar-refractivity contribution in [1.29, 1.82) is 0 Å². The van der Waals surface area contributed by atoms with Crippen molar-refractivity contribution in [3.8, 4) is 5.75 Å². The van der Waals surface area contributed by atoms with Crippen molar-refractivity contribution < 1.29 is 27.1 Å². The fraction of sp³-hybridized carbons (Fsp3) is 0.440. The number of halogens is 1. The first-order valence-electron chi connectivity index (χ1n) is 11.5. The van der Waals surface area contributed by atoms with Crippen LogP contribution in [-0.2, 0) is 26.2 Å². The number of anilines is 1. The minimum absolute atomic E-state index is 0.0390. The Balaban J connectivity index is 2.47. The highest BCUT2D eigenvalue weighted by atomic mass is 32.2. The smallest absolute Gasteiger partial charge is 0.244 e. The number of amides is 2. The number of ether oxygens (including phenoxy) is 1. The lowest BCUT2D eigenvalue weighted by atomic mass is 10.1. The minimum atomic E-state index is -4.00. The third-order valence-corrected chi connectivity index (χ3v) is 6.80. The number of nitrogens with zero attached hydrogens (tertiary/aromatic N) is 2. The predicted octanol–water partition coefficient (Wildman–Crippen LogP) is 3.32. The van der Waals surface area contributed by atoms with Crippen LogP contribution in [0.5, 0.6) is 5.75 Å². The van der Waals surface area contributed by atoms with E-state index in [0.29, 0.717) is 24.2 Å². The van der Waals surface area contributed by atoms with Gasteiger partial charge < -0.3 is 15.0 Å². The van der Waals surface area contributed by atoms with Crippen LogP contribution in [0.1, 0.15) is 39.2 Å². The minimum Gasteiger partial charge on any atom is -0.497 e. The summed E-state index contributed by atoms with van der Waals surface area (Å²) in [6.45, 7) is 4.96. The second-order valence-electron chi connectivity index (χ2n) is 8.34. The molecule has 0 saturated heterocycles. The highest BCUT2D eigenvalue weighted by Gasteiger charge is 2.32. The summed E-state index contributed by atoms with van der Waals surface area (Å²) in [4.78, 5) is 28.0. The molecule has 2 atom stereocenters. The summed E-state index contributed by atoms with van der Waals surface area (Å²) in [5, 5.41) is 2.90. The molecule has 0 aliphatic rings. The van der Waals surface area contributed by atoms with Crippen molar-refractivity contribution >= 4 is 27.5 Å². The monoisotopic (exact) mass is 507 g/mol. The number of hydrogen-bond donors (Lipinski definition) is 1. The molecule has 1 N–H and O–H groups in total. The SMILES string of the molecule is CC[C@@H](C)NC(=O)[C@@H](CC)N(Cc1cccc(OC)c1)C(=O)CN(c1ccccc1F)S(C)(=O)=O. The van der Waals surface area contributed by atoms with Crippen LogP contribution in [0.15, 0.2) is 48.5 Å². The molecular weight excluding hydrogens is 473 g/mol. The highest BCUT2D eigenvalue weighted by Crippen LogP contribution is 2.23. The normalized spacial score (nSPS) is 13.0. The Morgan fingerprint density at radius 1 is 1.09 bits per heavy atom. The van der Waals surface area contributed by atoms with Crippen molar-refractivity contribution in [3.05, 3.63) is 59.9 Å². The van der Waals surface area contributed by atoms with Gasteiger partial charge in [0, 0.05) is 12.6 Å². The molecule has 0 unspecified atom stereocenters. The molecule has 10 heteroatoms. The van der Waals surface area contributed by atoms with Gasteiger partial charge in [-0.2, -0.15) is 0 Å². The van der Waals surface area contributed by atoms with Crippen molar-refractivity contribution in [2.75, 3.05) is 24.2 Å². The van der Waals surface area contributed by atoms with Gasteiger partial charge in [-0.1, -0.05) is 38.1 Å². The molecule has 8 nitrogen and oxygen atoms in total. The number of carbonyl (C=O) groups is 2. The summed E-state index contributed by atoms with van der Waals surface area (Å²) in [6.07, 6.45) is 1.92. The quantitative estimate of drug-likeness (QED) is 0.476. The Morgan fingerprint density at radius 2 is 1.77 bits per heavy atom. The fourth-order valence-corrected chi connectivity index (χ4v) is 4.43. The zero-order valence-corrected chi connectivity index (χ0v) is 21.6. The van der Waals surface area contributed by atoms with Crippen LogP contribution in [0.4, 0.5) is 10.1 Å². The van der Waals surface area contributed by atoms with E-state index < -0.39 is 34.3 Å². The van der Waals surface area contributed by atoms with E-state index >= 15 is 0 Å². The largest absolute Gasteiger partial charge is 0.497 e. The Kier molecular flexibility index (Phi) is 10.1. The maximum atomic E-state index is 14.5. The van der Waals surface area contributed by atoms with Crippen LogP contribution in [-0.4, -0.2) is 57.1 Å². The first-order chi connectivity index (χ1) is 16.5.